The first-order valence-electron chi connectivity index (χ1n) is 6.70. The third kappa shape index (κ3) is 3.91. The van der Waals surface area contributed by atoms with Crippen LogP contribution in [-0.2, 0) is 6.42 Å². The summed E-state index contributed by atoms with van der Waals surface area (Å²) in [5.74, 6) is 0. The van der Waals surface area contributed by atoms with E-state index in [0.29, 0.717) is 12.1 Å². The summed E-state index contributed by atoms with van der Waals surface area (Å²) in [5, 5.41) is 3.66. The van der Waals surface area contributed by atoms with Crippen LogP contribution in [0, 0.1) is 0 Å². The van der Waals surface area contributed by atoms with Crippen molar-refractivity contribution in [3.63, 3.8) is 0 Å². The number of benzene rings is 1. The van der Waals surface area contributed by atoms with Gasteiger partial charge < -0.3 is 5.32 Å². The predicted molar refractivity (Wildman–Crippen MR) is 87.8 cm³/mol. The van der Waals surface area contributed by atoms with Gasteiger partial charge in [0.25, 0.3) is 0 Å². The number of hydrogen-bond acceptors (Lipinski definition) is 2. The van der Waals surface area contributed by atoms with Crippen LogP contribution in [0.1, 0.15) is 48.2 Å². The van der Waals surface area contributed by atoms with Crippen molar-refractivity contribution in [3.8, 4) is 0 Å². The summed E-state index contributed by atoms with van der Waals surface area (Å²) < 4.78 is 1.13. The Morgan fingerprint density at radius 2 is 1.74 bits per heavy atom. The zero-order chi connectivity index (χ0) is 13.8. The Morgan fingerprint density at radius 3 is 2.32 bits per heavy atom. The number of hydrogen-bond donors (Lipinski definition) is 1. The summed E-state index contributed by atoms with van der Waals surface area (Å²) in [7, 11) is 0. The molecule has 2 atom stereocenters. The zero-order valence-electron chi connectivity index (χ0n) is 11.6. The number of halogens is 1. The zero-order valence-corrected chi connectivity index (χ0v) is 14.0. The van der Waals surface area contributed by atoms with Crippen molar-refractivity contribution in [2.75, 3.05) is 0 Å². The van der Waals surface area contributed by atoms with E-state index in [9.17, 15) is 0 Å². The van der Waals surface area contributed by atoms with Gasteiger partial charge >= 0.3 is 0 Å². The number of rotatable bonds is 5. The fourth-order valence-electron chi connectivity index (χ4n) is 2.12. The van der Waals surface area contributed by atoms with E-state index in [1.54, 1.807) is 0 Å². The van der Waals surface area contributed by atoms with Gasteiger partial charge in [-0.1, -0.05) is 35.0 Å². The lowest BCUT2D eigenvalue weighted by molar-refractivity contribution is 0.500. The molecule has 0 saturated carbocycles. The summed E-state index contributed by atoms with van der Waals surface area (Å²) >= 11 is 5.38. The molecule has 0 aliphatic carbocycles. The van der Waals surface area contributed by atoms with E-state index < -0.39 is 0 Å². The Kier molecular flexibility index (Phi) is 5.20. The predicted octanol–water partition coefficient (Wildman–Crippen LogP) is 5.48. The molecule has 1 nitrogen and oxygen atoms in total. The molecular weight excluding hydrogens is 318 g/mol. The second kappa shape index (κ2) is 6.69. The average Bonchev–Trinajstić information content (AvgIpc) is 2.88. The van der Waals surface area contributed by atoms with Gasteiger partial charge in [-0.2, -0.15) is 0 Å². The molecule has 0 fully saturated rings. The lowest BCUT2D eigenvalue weighted by atomic mass is 10.1. The molecule has 1 unspecified atom stereocenters. The van der Waals surface area contributed by atoms with Crippen LogP contribution in [0.5, 0.6) is 0 Å². The van der Waals surface area contributed by atoms with Crippen molar-refractivity contribution in [3.05, 3.63) is 56.2 Å². The average molecular weight is 338 g/mol. The topological polar surface area (TPSA) is 12.0 Å². The highest BCUT2D eigenvalue weighted by molar-refractivity contribution is 9.10. The Hall–Kier alpha value is -0.640. The van der Waals surface area contributed by atoms with Crippen molar-refractivity contribution in [1.29, 1.82) is 0 Å². The van der Waals surface area contributed by atoms with Gasteiger partial charge in [-0.25, -0.2) is 0 Å². The van der Waals surface area contributed by atoms with Crippen LogP contribution in [0.25, 0.3) is 0 Å². The summed E-state index contributed by atoms with van der Waals surface area (Å²) in [5.41, 5.74) is 1.32. The van der Waals surface area contributed by atoms with Crippen LogP contribution in [0.4, 0.5) is 0 Å². The normalized spacial score (nSPS) is 14.3. The molecular formula is C16H20BrNS. The first-order valence-corrected chi connectivity index (χ1v) is 8.31. The smallest absolute Gasteiger partial charge is 0.0391 e. The lowest BCUT2D eigenvalue weighted by Crippen LogP contribution is -2.21. The largest absolute Gasteiger partial charge is 0.303 e. The Balaban J connectivity index is 2.01. The lowest BCUT2D eigenvalue weighted by Gasteiger charge is -2.19. The van der Waals surface area contributed by atoms with Crippen LogP contribution < -0.4 is 5.32 Å². The molecule has 2 aromatic rings. The minimum absolute atomic E-state index is 0.357. The van der Waals surface area contributed by atoms with Gasteiger partial charge in [0.1, 0.15) is 0 Å². The third-order valence-electron chi connectivity index (χ3n) is 3.33. The van der Waals surface area contributed by atoms with Crippen LogP contribution in [0.2, 0.25) is 0 Å². The summed E-state index contributed by atoms with van der Waals surface area (Å²) in [4.78, 5) is 2.88. The first kappa shape index (κ1) is 14.8. The van der Waals surface area contributed by atoms with Crippen LogP contribution in [-0.4, -0.2) is 0 Å². The molecule has 0 bridgehead atoms. The summed E-state index contributed by atoms with van der Waals surface area (Å²) in [6.07, 6.45) is 1.12. The van der Waals surface area contributed by atoms with E-state index in [1.807, 2.05) is 11.3 Å². The Labute approximate surface area is 128 Å². The molecule has 1 aromatic carbocycles. The second-order valence-electron chi connectivity index (χ2n) is 4.82. The molecule has 0 aliphatic heterocycles. The molecule has 19 heavy (non-hydrogen) atoms. The highest BCUT2D eigenvalue weighted by atomic mass is 79.9. The highest BCUT2D eigenvalue weighted by Gasteiger charge is 2.12. The van der Waals surface area contributed by atoms with Gasteiger partial charge in [0.15, 0.2) is 0 Å². The van der Waals surface area contributed by atoms with Crippen molar-refractivity contribution < 1.29 is 0 Å². The monoisotopic (exact) mass is 337 g/mol. The number of thiophene rings is 1. The van der Waals surface area contributed by atoms with E-state index >= 15 is 0 Å². The fourth-order valence-corrected chi connectivity index (χ4v) is 3.35. The molecule has 2 rings (SSSR count). The standard InChI is InChI=1S/C16H20BrNS/c1-4-15-9-10-16(19-15)12(3)18-11(2)13-5-7-14(17)8-6-13/h5-12,18H,4H2,1-3H3/t11-,12?/m1/s1. The van der Waals surface area contributed by atoms with Gasteiger partial charge in [-0.15, -0.1) is 11.3 Å². The maximum Gasteiger partial charge on any atom is 0.0391 e. The molecule has 3 heteroatoms. The molecule has 0 saturated heterocycles. The van der Waals surface area contributed by atoms with E-state index in [0.717, 1.165) is 10.9 Å². The van der Waals surface area contributed by atoms with E-state index in [-0.39, 0.29) is 0 Å². The SMILES string of the molecule is CCc1ccc(C(C)N[C@H](C)c2ccc(Br)cc2)s1. The van der Waals surface area contributed by atoms with E-state index in [2.05, 4.69) is 78.4 Å². The van der Waals surface area contributed by atoms with Gasteiger partial charge in [0.2, 0.25) is 0 Å². The molecule has 0 spiro atoms. The molecule has 0 aliphatic rings. The Morgan fingerprint density at radius 1 is 1.05 bits per heavy atom. The van der Waals surface area contributed by atoms with Crippen molar-refractivity contribution in [1.82, 2.24) is 5.32 Å². The second-order valence-corrected chi connectivity index (χ2v) is 6.93. The van der Waals surface area contributed by atoms with Gasteiger partial charge in [-0.05, 0) is 50.1 Å². The summed E-state index contributed by atoms with van der Waals surface area (Å²) in [6, 6.07) is 13.8. The van der Waals surface area contributed by atoms with E-state index in [4.69, 9.17) is 0 Å². The van der Waals surface area contributed by atoms with Gasteiger partial charge in [-0.3, -0.25) is 0 Å². The fraction of sp³-hybridized carbons (Fsp3) is 0.375. The van der Waals surface area contributed by atoms with Gasteiger partial charge in [0.05, 0.1) is 0 Å². The molecule has 1 aromatic heterocycles. The molecule has 1 N–H and O–H groups in total. The molecule has 0 amide bonds. The van der Waals surface area contributed by atoms with E-state index in [1.165, 1.54) is 15.3 Å². The van der Waals surface area contributed by atoms with Crippen molar-refractivity contribution >= 4 is 27.3 Å². The molecule has 1 heterocycles. The van der Waals surface area contributed by atoms with Crippen LogP contribution in [0.15, 0.2) is 40.9 Å². The number of aryl methyl sites for hydroxylation is 1. The van der Waals surface area contributed by atoms with Crippen LogP contribution >= 0.6 is 27.3 Å². The van der Waals surface area contributed by atoms with Crippen LogP contribution in [0.3, 0.4) is 0 Å². The maximum absolute atomic E-state index is 3.66. The summed E-state index contributed by atoms with van der Waals surface area (Å²) in [6.45, 7) is 6.66. The Bertz CT molecular complexity index is 518. The quantitative estimate of drug-likeness (QED) is 0.761. The van der Waals surface area contributed by atoms with Crippen molar-refractivity contribution in [2.45, 2.75) is 39.3 Å². The molecule has 102 valence electrons. The minimum atomic E-state index is 0.357. The molecule has 0 radical (unpaired) electrons. The maximum atomic E-state index is 3.66. The van der Waals surface area contributed by atoms with Gasteiger partial charge in [0, 0.05) is 26.3 Å². The van der Waals surface area contributed by atoms with Crippen molar-refractivity contribution in [2.24, 2.45) is 0 Å². The minimum Gasteiger partial charge on any atom is -0.303 e. The third-order valence-corrected chi connectivity index (χ3v) is 5.27. The first-order chi connectivity index (χ1) is 9.10. The highest BCUT2D eigenvalue weighted by Crippen LogP contribution is 2.26. The number of nitrogens with one attached hydrogen (secondary N) is 1.